The van der Waals surface area contributed by atoms with Gasteiger partial charge in [-0.2, -0.15) is 0 Å². The van der Waals surface area contributed by atoms with E-state index in [1.165, 1.54) is 0 Å². The highest BCUT2D eigenvalue weighted by molar-refractivity contribution is 4.98. The van der Waals surface area contributed by atoms with Gasteiger partial charge in [-0.15, -0.1) is 0 Å². The van der Waals surface area contributed by atoms with Crippen LogP contribution >= 0.6 is 0 Å². The lowest BCUT2D eigenvalue weighted by Crippen LogP contribution is -2.95. The largest absolute Gasteiger partial charge is 0.334 e. The van der Waals surface area contributed by atoms with E-state index >= 15 is 0 Å². The molecule has 1 heterocycles. The third-order valence-corrected chi connectivity index (χ3v) is 8.88. The van der Waals surface area contributed by atoms with Crippen LogP contribution in [0.5, 0.6) is 0 Å². The van der Waals surface area contributed by atoms with E-state index in [2.05, 4.69) is 56.2 Å². The van der Waals surface area contributed by atoms with E-state index in [9.17, 15) is 0 Å². The van der Waals surface area contributed by atoms with Gasteiger partial charge in [0.25, 0.3) is 17.9 Å². The Hall–Kier alpha value is -0.480. The molecular formula is C33H72N6O6. The third kappa shape index (κ3) is 8.76. The van der Waals surface area contributed by atoms with E-state index in [1.807, 2.05) is 0 Å². The maximum Gasteiger partial charge on any atom is 0.297 e. The monoisotopic (exact) mass is 649 g/mol. The molecule has 12 heteroatoms. The first kappa shape index (κ1) is 42.5. The van der Waals surface area contributed by atoms with Crippen molar-refractivity contribution in [2.75, 3.05) is 81.9 Å². The van der Waals surface area contributed by atoms with Crippen molar-refractivity contribution in [3.8, 4) is 0 Å². The number of unbranched alkanes of at least 4 members (excludes halogenated alkanes) is 6. The molecule has 12 nitrogen and oxygen atoms in total. The van der Waals surface area contributed by atoms with Crippen LogP contribution in [0.4, 0.5) is 0 Å². The summed E-state index contributed by atoms with van der Waals surface area (Å²) in [6.07, 6.45) is 11.9. The minimum atomic E-state index is -1.43. The van der Waals surface area contributed by atoms with Crippen LogP contribution in [0.3, 0.4) is 0 Å². The SMILES string of the molecule is CCCCN(CCCC)C1(OC)N(OC)C(OC)(N(CCCC)CCCC)N(OC)C(OC)(N(CCCC)CCCC)N1OC. The molecule has 0 unspecified atom stereocenters. The van der Waals surface area contributed by atoms with Crippen molar-refractivity contribution in [2.24, 2.45) is 0 Å². The number of hydrogen-bond acceptors (Lipinski definition) is 12. The molecule has 1 saturated heterocycles. The zero-order valence-corrected chi connectivity index (χ0v) is 31.4. The standard InChI is InChI=1S/C33H72N6O6/c1-13-19-25-34(26-20-14-2)31(40-7)37(43-10)32(41-8,35(27-21-15-3)28-22-16-4)39(45-12)33(42-9,38(31)44-11)36(29-23-17-5)30-24-18-6/h13-30H2,1-12H3. The lowest BCUT2D eigenvalue weighted by molar-refractivity contribution is -0.672. The highest BCUT2D eigenvalue weighted by Gasteiger charge is 2.78. The van der Waals surface area contributed by atoms with E-state index in [0.29, 0.717) is 0 Å². The van der Waals surface area contributed by atoms with Gasteiger partial charge in [-0.05, 0) is 38.5 Å². The Bertz CT molecular complexity index is 621. The van der Waals surface area contributed by atoms with E-state index in [0.717, 1.165) is 116 Å². The van der Waals surface area contributed by atoms with Gasteiger partial charge in [0.2, 0.25) is 0 Å². The van der Waals surface area contributed by atoms with Gasteiger partial charge in [-0.3, -0.25) is 14.5 Å². The van der Waals surface area contributed by atoms with E-state index in [-0.39, 0.29) is 0 Å². The summed E-state index contributed by atoms with van der Waals surface area (Å²) >= 11 is 0. The van der Waals surface area contributed by atoms with Crippen molar-refractivity contribution >= 4 is 0 Å². The summed E-state index contributed by atoms with van der Waals surface area (Å²) < 4.78 is 20.4. The molecule has 0 bridgehead atoms. The molecule has 1 fully saturated rings. The summed E-state index contributed by atoms with van der Waals surface area (Å²) in [6, 6.07) is 0. The third-order valence-electron chi connectivity index (χ3n) is 8.88. The van der Waals surface area contributed by atoms with Gasteiger partial charge in [0.15, 0.2) is 0 Å². The second-order valence-electron chi connectivity index (χ2n) is 11.8. The Morgan fingerprint density at radius 2 is 0.533 bits per heavy atom. The first-order valence-electron chi connectivity index (χ1n) is 17.8. The Balaban J connectivity index is 4.48. The van der Waals surface area contributed by atoms with E-state index in [1.54, 1.807) is 57.8 Å². The van der Waals surface area contributed by atoms with Gasteiger partial charge in [-0.1, -0.05) is 95.3 Å². The fraction of sp³-hybridized carbons (Fsp3) is 1.00. The smallest absolute Gasteiger partial charge is 0.297 e. The van der Waals surface area contributed by atoms with Gasteiger partial charge in [0.1, 0.15) is 0 Å². The second-order valence-corrected chi connectivity index (χ2v) is 11.8. The zero-order chi connectivity index (χ0) is 33.9. The Morgan fingerprint density at radius 3 is 0.644 bits per heavy atom. The average molecular weight is 649 g/mol. The number of rotatable bonds is 27. The minimum absolute atomic E-state index is 0.741. The molecule has 0 atom stereocenters. The molecule has 0 aliphatic carbocycles. The van der Waals surface area contributed by atoms with Gasteiger partial charge >= 0.3 is 0 Å². The molecule has 45 heavy (non-hydrogen) atoms. The zero-order valence-electron chi connectivity index (χ0n) is 31.4. The minimum Gasteiger partial charge on any atom is -0.334 e. The molecule has 0 amide bonds. The summed E-state index contributed by atoms with van der Waals surface area (Å²) in [6.45, 7) is 17.7. The predicted molar refractivity (Wildman–Crippen MR) is 180 cm³/mol. The highest BCUT2D eigenvalue weighted by atomic mass is 16.9. The number of hydrogen-bond donors (Lipinski definition) is 0. The summed E-state index contributed by atoms with van der Waals surface area (Å²) in [7, 11) is 10.2. The topological polar surface area (TPSA) is 74.8 Å². The molecule has 0 aromatic heterocycles. The molecule has 1 rings (SSSR count). The molecule has 0 saturated carbocycles. The molecule has 0 aromatic rings. The molecule has 0 spiro atoms. The van der Waals surface area contributed by atoms with Crippen molar-refractivity contribution < 1.29 is 28.7 Å². The maximum absolute atomic E-state index is 6.80. The van der Waals surface area contributed by atoms with Gasteiger partial charge in [0, 0.05) is 60.6 Å². The van der Waals surface area contributed by atoms with Crippen molar-refractivity contribution in [2.45, 2.75) is 137 Å². The Morgan fingerprint density at radius 1 is 0.356 bits per heavy atom. The van der Waals surface area contributed by atoms with Crippen LogP contribution in [0, 0.1) is 0 Å². The van der Waals surface area contributed by atoms with Crippen LogP contribution in [0.2, 0.25) is 0 Å². The molecule has 1 aliphatic heterocycles. The van der Waals surface area contributed by atoms with Crippen LogP contribution < -0.4 is 0 Å². The molecule has 0 aromatic carbocycles. The van der Waals surface area contributed by atoms with Crippen LogP contribution in [-0.4, -0.2) is 130 Å². The Labute approximate surface area is 277 Å². The first-order chi connectivity index (χ1) is 21.8. The molecule has 0 radical (unpaired) electrons. The molecule has 1 aliphatic rings. The number of hydroxylamine groups is 6. The first-order valence-corrected chi connectivity index (χ1v) is 17.8. The molecule has 0 N–H and O–H groups in total. The van der Waals surface area contributed by atoms with Crippen molar-refractivity contribution in [3.05, 3.63) is 0 Å². The van der Waals surface area contributed by atoms with Crippen molar-refractivity contribution in [1.82, 2.24) is 29.9 Å². The van der Waals surface area contributed by atoms with Gasteiger partial charge in [0.05, 0.1) is 21.3 Å². The summed E-state index contributed by atoms with van der Waals surface area (Å²) in [5, 5.41) is 5.37. The van der Waals surface area contributed by atoms with Crippen LogP contribution in [-0.2, 0) is 28.7 Å². The lowest BCUT2D eigenvalue weighted by Gasteiger charge is -2.70. The lowest BCUT2D eigenvalue weighted by atomic mass is 10.2. The predicted octanol–water partition coefficient (Wildman–Crippen LogP) is 6.07. The summed E-state index contributed by atoms with van der Waals surface area (Å²) in [5.41, 5.74) is 0. The normalized spacial score (nSPS) is 25.4. The highest BCUT2D eigenvalue weighted by Crippen LogP contribution is 2.51. The van der Waals surface area contributed by atoms with Crippen LogP contribution in [0.15, 0.2) is 0 Å². The Kier molecular flexibility index (Phi) is 21.0. The average Bonchev–Trinajstić information content (AvgIpc) is 3.07. The van der Waals surface area contributed by atoms with E-state index in [4.69, 9.17) is 28.7 Å². The summed E-state index contributed by atoms with van der Waals surface area (Å²) in [5.74, 6) is -4.28. The number of methoxy groups -OCH3 is 3. The number of ether oxygens (including phenoxy) is 3. The number of nitrogens with zero attached hydrogens (tertiary/aromatic N) is 6. The van der Waals surface area contributed by atoms with Crippen LogP contribution in [0.1, 0.15) is 119 Å². The molecule has 270 valence electrons. The fourth-order valence-corrected chi connectivity index (χ4v) is 6.49. The summed E-state index contributed by atoms with van der Waals surface area (Å²) in [4.78, 5) is 26.5. The van der Waals surface area contributed by atoms with E-state index < -0.39 is 17.9 Å². The molecular weight excluding hydrogens is 576 g/mol. The van der Waals surface area contributed by atoms with Crippen molar-refractivity contribution in [1.29, 1.82) is 0 Å². The van der Waals surface area contributed by atoms with Gasteiger partial charge < -0.3 is 14.2 Å². The quantitative estimate of drug-likeness (QED) is 0.0971. The maximum atomic E-state index is 6.80. The second kappa shape index (κ2) is 22.2. The van der Waals surface area contributed by atoms with Crippen molar-refractivity contribution in [3.63, 3.8) is 0 Å². The van der Waals surface area contributed by atoms with Gasteiger partial charge in [-0.25, -0.2) is 14.7 Å². The fourth-order valence-electron chi connectivity index (χ4n) is 6.49. The van der Waals surface area contributed by atoms with Crippen LogP contribution in [0.25, 0.3) is 0 Å².